The minimum Gasteiger partial charge on any atom is -0.379 e. The third-order valence-electron chi connectivity index (χ3n) is 9.54. The van der Waals surface area contributed by atoms with Crippen LogP contribution in [0, 0.1) is 6.92 Å². The van der Waals surface area contributed by atoms with Crippen LogP contribution >= 0.6 is 15.9 Å². The Labute approximate surface area is 272 Å². The molecule has 6 rings (SSSR count). The van der Waals surface area contributed by atoms with Crippen molar-refractivity contribution in [2.24, 2.45) is 7.05 Å². The summed E-state index contributed by atoms with van der Waals surface area (Å²) < 4.78 is 1.85. The number of carbonyl (C=O) groups is 2. The summed E-state index contributed by atoms with van der Waals surface area (Å²) in [5.41, 5.74) is 6.52. The normalized spacial score (nSPS) is 23.2. The maximum Gasteiger partial charge on any atom is 0.282 e. The number of nitrogens with zero attached hydrogens (tertiary/aromatic N) is 5. The zero-order valence-corrected chi connectivity index (χ0v) is 27.8. The Morgan fingerprint density at radius 1 is 1.00 bits per heavy atom. The van der Waals surface area contributed by atoms with Gasteiger partial charge in [0, 0.05) is 71.0 Å². The number of amides is 2. The molecule has 0 aliphatic carbocycles. The lowest BCUT2D eigenvalue weighted by Gasteiger charge is -2.37. The minimum absolute atomic E-state index is 0.146. The van der Waals surface area contributed by atoms with Gasteiger partial charge in [0.2, 0.25) is 11.8 Å². The zero-order valence-electron chi connectivity index (χ0n) is 26.3. The number of imide groups is 1. The fraction of sp³-hybridized carbons (Fsp3) is 0.471. The summed E-state index contributed by atoms with van der Waals surface area (Å²) in [7, 11) is 3.80. The third kappa shape index (κ3) is 7.15. The van der Waals surface area contributed by atoms with Crippen molar-refractivity contribution >= 4 is 39.1 Å². The molecule has 3 atom stereocenters. The number of hydrogen-bond acceptors (Lipinski definition) is 8. The highest BCUT2D eigenvalue weighted by molar-refractivity contribution is 9.10. The van der Waals surface area contributed by atoms with E-state index in [1.807, 2.05) is 6.92 Å². The van der Waals surface area contributed by atoms with E-state index in [0.29, 0.717) is 23.2 Å². The highest BCUT2D eigenvalue weighted by Gasteiger charge is 2.30. The molecule has 1 aromatic heterocycles. The number of anilines is 2. The van der Waals surface area contributed by atoms with Crippen LogP contribution in [0.25, 0.3) is 0 Å². The third-order valence-corrected chi connectivity index (χ3v) is 10.3. The molecule has 3 fully saturated rings. The molecular weight excluding hydrogens is 634 g/mol. The van der Waals surface area contributed by atoms with Gasteiger partial charge < -0.3 is 15.1 Å². The lowest BCUT2D eigenvalue weighted by Crippen LogP contribution is -2.46. The van der Waals surface area contributed by atoms with Crippen molar-refractivity contribution in [3.8, 4) is 0 Å². The molecule has 0 saturated carbocycles. The Balaban J connectivity index is 1.03. The van der Waals surface area contributed by atoms with Crippen molar-refractivity contribution in [3.05, 3.63) is 85.7 Å². The molecule has 2 N–H and O–H groups in total. The predicted octanol–water partition coefficient (Wildman–Crippen LogP) is 3.59. The van der Waals surface area contributed by atoms with Crippen molar-refractivity contribution in [3.63, 3.8) is 0 Å². The number of rotatable bonds is 7. The van der Waals surface area contributed by atoms with Gasteiger partial charge in [-0.25, -0.2) is 4.68 Å². The van der Waals surface area contributed by atoms with Crippen molar-refractivity contribution < 1.29 is 9.59 Å². The van der Waals surface area contributed by atoms with Crippen LogP contribution in [0.1, 0.15) is 53.4 Å². The van der Waals surface area contributed by atoms with Gasteiger partial charge in [0.05, 0.1) is 17.8 Å². The number of piperazine rings is 1. The molecule has 1 unspecified atom stereocenters. The maximum atomic E-state index is 12.5. The molecule has 2 amide bonds. The summed E-state index contributed by atoms with van der Waals surface area (Å²) in [5, 5.41) is 10.2. The van der Waals surface area contributed by atoms with Crippen LogP contribution in [-0.2, 0) is 23.2 Å². The highest BCUT2D eigenvalue weighted by atomic mass is 79.9. The molecule has 0 spiro atoms. The second kappa shape index (κ2) is 13.4. The number of aromatic nitrogens is 2. The number of likely N-dealkylation sites (tertiary alicyclic amines) is 1. The van der Waals surface area contributed by atoms with Gasteiger partial charge in [-0.15, -0.1) is 0 Å². The van der Waals surface area contributed by atoms with E-state index in [1.165, 1.54) is 15.8 Å². The van der Waals surface area contributed by atoms with Gasteiger partial charge in [-0.3, -0.25) is 24.6 Å². The second-order valence-electron chi connectivity index (χ2n) is 12.8. The van der Waals surface area contributed by atoms with Crippen LogP contribution in [0.3, 0.4) is 0 Å². The quantitative estimate of drug-likeness (QED) is 0.367. The Hall–Kier alpha value is -3.54. The largest absolute Gasteiger partial charge is 0.379 e. The lowest BCUT2D eigenvalue weighted by molar-refractivity contribution is -0.134. The molecule has 0 bridgehead atoms. The molecule has 10 nitrogen and oxygen atoms in total. The van der Waals surface area contributed by atoms with Crippen LogP contribution in [0.2, 0.25) is 0 Å². The van der Waals surface area contributed by atoms with Crippen molar-refractivity contribution in [1.82, 2.24) is 24.9 Å². The van der Waals surface area contributed by atoms with Crippen LogP contribution in [0.5, 0.6) is 0 Å². The van der Waals surface area contributed by atoms with Crippen LogP contribution in [0.15, 0.2) is 57.9 Å². The number of nitrogens with one attached hydrogen (secondary N) is 2. The summed E-state index contributed by atoms with van der Waals surface area (Å²) in [6, 6.07) is 15.7. The first-order valence-corrected chi connectivity index (χ1v) is 16.6. The SMILES string of the molecule is Cc1ccc(N2CCN(Cc3ccc([C@H]4C[C@@H](Nc5cnn(C)c(=O)c5Br)CN(C)C4)cc3)CC2)cc1C1CCC(=O)NC1=O. The Morgan fingerprint density at radius 2 is 1.76 bits per heavy atom. The lowest BCUT2D eigenvalue weighted by atomic mass is 9.87. The van der Waals surface area contributed by atoms with Crippen molar-refractivity contribution in [2.45, 2.75) is 50.6 Å². The molecule has 45 heavy (non-hydrogen) atoms. The van der Waals surface area contributed by atoms with Gasteiger partial charge in [0.25, 0.3) is 5.56 Å². The number of benzene rings is 2. The van der Waals surface area contributed by atoms with Crippen LogP contribution in [0.4, 0.5) is 11.4 Å². The first kappa shape index (κ1) is 31.4. The molecule has 238 valence electrons. The standard InChI is InChI=1S/C34H42BrN7O3/c1-22-4-9-27(17-29(22)28-10-11-31(43)38-33(28)44)42-14-12-41(13-15-42)19-23-5-7-24(8-6-23)25-16-26(21-39(2)20-25)37-30-18-36-40(3)34(45)32(30)35/h4-9,17-18,25-26,28,37H,10-16,19-21H2,1-3H3,(H,38,43,44)/t25-,26+,28?/m0/s1. The predicted molar refractivity (Wildman–Crippen MR) is 180 cm³/mol. The molecule has 0 radical (unpaired) electrons. The van der Waals surface area contributed by atoms with E-state index in [2.05, 4.69) is 95.9 Å². The monoisotopic (exact) mass is 675 g/mol. The van der Waals surface area contributed by atoms with E-state index < -0.39 is 0 Å². The molecule has 4 heterocycles. The number of likely N-dealkylation sites (N-methyl/N-ethyl adjacent to an activating group) is 1. The number of aryl methyl sites for hydroxylation is 2. The van der Waals surface area contributed by atoms with Gasteiger partial charge in [0.1, 0.15) is 4.47 Å². The van der Waals surface area contributed by atoms with E-state index in [9.17, 15) is 14.4 Å². The Kier molecular flexibility index (Phi) is 9.39. The molecule has 3 aliphatic heterocycles. The smallest absolute Gasteiger partial charge is 0.282 e. The average Bonchev–Trinajstić information content (AvgIpc) is 3.02. The minimum atomic E-state index is -0.262. The van der Waals surface area contributed by atoms with Gasteiger partial charge >= 0.3 is 0 Å². The van der Waals surface area contributed by atoms with E-state index in [0.717, 1.165) is 74.7 Å². The van der Waals surface area contributed by atoms with E-state index in [1.54, 1.807) is 13.2 Å². The zero-order chi connectivity index (χ0) is 31.7. The Morgan fingerprint density at radius 3 is 2.49 bits per heavy atom. The fourth-order valence-electron chi connectivity index (χ4n) is 7.00. The maximum absolute atomic E-state index is 12.5. The van der Waals surface area contributed by atoms with E-state index in [4.69, 9.17) is 0 Å². The summed E-state index contributed by atoms with van der Waals surface area (Å²) in [6.45, 7) is 8.66. The number of piperidine rings is 2. The molecule has 3 aromatic rings. The van der Waals surface area contributed by atoms with E-state index in [-0.39, 0.29) is 29.3 Å². The average molecular weight is 677 g/mol. The highest BCUT2D eigenvalue weighted by Crippen LogP contribution is 2.32. The number of carbonyl (C=O) groups excluding carboxylic acids is 2. The Bertz CT molecular complexity index is 1620. The van der Waals surface area contributed by atoms with Gasteiger partial charge in [0.15, 0.2) is 0 Å². The summed E-state index contributed by atoms with van der Waals surface area (Å²) >= 11 is 3.44. The molecular formula is C34H42BrN7O3. The molecule has 11 heteroatoms. The van der Waals surface area contributed by atoms with Crippen LogP contribution in [-0.4, -0.2) is 83.8 Å². The first-order chi connectivity index (χ1) is 21.6. The second-order valence-corrected chi connectivity index (χ2v) is 13.6. The summed E-state index contributed by atoms with van der Waals surface area (Å²) in [4.78, 5) is 43.7. The first-order valence-electron chi connectivity index (χ1n) is 15.8. The van der Waals surface area contributed by atoms with Crippen LogP contribution < -0.4 is 21.1 Å². The summed E-state index contributed by atoms with van der Waals surface area (Å²) in [5.74, 6) is -0.219. The molecule has 3 aliphatic rings. The number of halogens is 1. The van der Waals surface area contributed by atoms with Gasteiger partial charge in [-0.2, -0.15) is 5.10 Å². The summed E-state index contributed by atoms with van der Waals surface area (Å²) in [6.07, 6.45) is 3.66. The van der Waals surface area contributed by atoms with Gasteiger partial charge in [-0.1, -0.05) is 30.3 Å². The van der Waals surface area contributed by atoms with Gasteiger partial charge in [-0.05, 0) is 83.0 Å². The molecule has 3 saturated heterocycles. The van der Waals surface area contributed by atoms with E-state index >= 15 is 0 Å². The molecule has 2 aromatic carbocycles. The van der Waals surface area contributed by atoms with Crippen molar-refractivity contribution in [1.29, 1.82) is 0 Å². The fourth-order valence-corrected chi connectivity index (χ4v) is 7.48. The topological polar surface area (TPSA) is 103 Å². The van der Waals surface area contributed by atoms with Crippen molar-refractivity contribution in [2.75, 3.05) is 56.5 Å². The number of hydrogen-bond donors (Lipinski definition) is 2.